The number of carbonyl (C=O) groups excluding carboxylic acids is 2. The summed E-state index contributed by atoms with van der Waals surface area (Å²) in [5.74, 6) is -0.0496. The van der Waals surface area contributed by atoms with E-state index in [1.165, 1.54) is 12.1 Å². The van der Waals surface area contributed by atoms with Crippen LogP contribution in [0.25, 0.3) is 0 Å². The number of nitrogens with zero attached hydrogens (tertiary/aromatic N) is 4. The highest BCUT2D eigenvalue weighted by molar-refractivity contribution is 7.99. The maximum Gasteiger partial charge on any atom is 0.271 e. The molecule has 2 N–H and O–H groups in total. The first-order valence-electron chi connectivity index (χ1n) is 10.1. The summed E-state index contributed by atoms with van der Waals surface area (Å²) < 4.78 is 1.66. The number of carbonyl (C=O) groups is 2. The van der Waals surface area contributed by atoms with Crippen LogP contribution in [0.1, 0.15) is 22.5 Å². The molecule has 3 rings (SSSR count). The van der Waals surface area contributed by atoms with Gasteiger partial charge in [0, 0.05) is 24.9 Å². The number of aryl methyl sites for hydroxylation is 3. The average Bonchev–Trinajstić information content (AvgIpc) is 3.09. The second-order valence-corrected chi connectivity index (χ2v) is 8.54. The fourth-order valence-electron chi connectivity index (χ4n) is 3.09. The van der Waals surface area contributed by atoms with E-state index in [2.05, 4.69) is 20.8 Å². The number of non-ortho nitro benzene ring substituents is 1. The standard InChI is InChI=1S/C22H24N6O4S/c1-13-5-8-17(15(3)9-13)23-20(29)11-19-25-26-22(27(19)4)33-12-21(30)24-18-10-16(28(31)32)7-6-14(18)2/h5-10H,11-12H2,1-4H3,(H,23,29)(H,24,30). The monoisotopic (exact) mass is 468 g/mol. The lowest BCUT2D eigenvalue weighted by atomic mass is 10.1. The van der Waals surface area contributed by atoms with Crippen LogP contribution in [-0.2, 0) is 23.1 Å². The summed E-state index contributed by atoms with van der Waals surface area (Å²) in [6, 6.07) is 10.1. The molecule has 0 spiro atoms. The molecule has 172 valence electrons. The van der Waals surface area contributed by atoms with Crippen LogP contribution in [0, 0.1) is 30.9 Å². The van der Waals surface area contributed by atoms with Crippen LogP contribution in [0.4, 0.5) is 17.1 Å². The molecule has 3 aromatic rings. The summed E-state index contributed by atoms with van der Waals surface area (Å²) in [7, 11) is 1.73. The largest absolute Gasteiger partial charge is 0.325 e. The number of hydrogen-bond acceptors (Lipinski definition) is 7. The van der Waals surface area contributed by atoms with Crippen molar-refractivity contribution in [3.8, 4) is 0 Å². The minimum absolute atomic E-state index is 0.0306. The first-order valence-corrected chi connectivity index (χ1v) is 11.1. The number of rotatable bonds is 8. The Balaban J connectivity index is 1.57. The summed E-state index contributed by atoms with van der Waals surface area (Å²) in [6.45, 7) is 5.67. The van der Waals surface area contributed by atoms with Crippen molar-refractivity contribution < 1.29 is 14.5 Å². The van der Waals surface area contributed by atoms with E-state index in [0.29, 0.717) is 16.7 Å². The summed E-state index contributed by atoms with van der Waals surface area (Å²) >= 11 is 1.16. The van der Waals surface area contributed by atoms with Gasteiger partial charge < -0.3 is 15.2 Å². The highest BCUT2D eigenvalue weighted by Gasteiger charge is 2.16. The molecule has 0 aliphatic carbocycles. The smallest absolute Gasteiger partial charge is 0.271 e. The normalized spacial score (nSPS) is 10.7. The van der Waals surface area contributed by atoms with Gasteiger partial charge in [-0.2, -0.15) is 0 Å². The fraction of sp³-hybridized carbons (Fsp3) is 0.273. The van der Waals surface area contributed by atoms with Gasteiger partial charge in [0.15, 0.2) is 5.16 Å². The van der Waals surface area contributed by atoms with E-state index in [1.807, 2.05) is 32.0 Å². The van der Waals surface area contributed by atoms with Crippen LogP contribution >= 0.6 is 11.8 Å². The Morgan fingerprint density at radius 3 is 2.42 bits per heavy atom. The minimum Gasteiger partial charge on any atom is -0.325 e. The van der Waals surface area contributed by atoms with Crippen molar-refractivity contribution in [2.75, 3.05) is 16.4 Å². The SMILES string of the molecule is Cc1ccc(NC(=O)Cc2nnc(SCC(=O)Nc3cc([N+](=O)[O-])ccc3C)n2C)c(C)c1. The molecule has 11 heteroatoms. The summed E-state index contributed by atoms with van der Waals surface area (Å²) in [4.78, 5) is 35.2. The Labute approximate surface area is 194 Å². The molecule has 0 aliphatic heterocycles. The van der Waals surface area contributed by atoms with Crippen molar-refractivity contribution in [3.05, 3.63) is 69.0 Å². The summed E-state index contributed by atoms with van der Waals surface area (Å²) in [5.41, 5.74) is 3.84. The van der Waals surface area contributed by atoms with Gasteiger partial charge >= 0.3 is 0 Å². The Morgan fingerprint density at radius 1 is 1.00 bits per heavy atom. The first kappa shape index (κ1) is 23.9. The van der Waals surface area contributed by atoms with Gasteiger partial charge in [-0.1, -0.05) is 35.5 Å². The molecule has 2 aromatic carbocycles. The number of hydrogen-bond donors (Lipinski definition) is 2. The van der Waals surface area contributed by atoms with Crippen LogP contribution in [0.2, 0.25) is 0 Å². The predicted molar refractivity (Wildman–Crippen MR) is 126 cm³/mol. The number of benzene rings is 2. The van der Waals surface area contributed by atoms with E-state index >= 15 is 0 Å². The van der Waals surface area contributed by atoms with E-state index in [1.54, 1.807) is 24.6 Å². The zero-order chi connectivity index (χ0) is 24.1. The molecule has 2 amide bonds. The van der Waals surface area contributed by atoms with Crippen LogP contribution in [0.5, 0.6) is 0 Å². The first-order chi connectivity index (χ1) is 15.6. The van der Waals surface area contributed by atoms with Gasteiger partial charge in [0.05, 0.1) is 22.8 Å². The molecule has 0 unspecified atom stereocenters. The molecule has 1 aromatic heterocycles. The third-order valence-electron chi connectivity index (χ3n) is 4.94. The van der Waals surface area contributed by atoms with E-state index in [9.17, 15) is 19.7 Å². The molecule has 0 bridgehead atoms. The zero-order valence-corrected chi connectivity index (χ0v) is 19.5. The van der Waals surface area contributed by atoms with Crippen LogP contribution in [-0.4, -0.2) is 37.3 Å². The number of aromatic nitrogens is 3. The van der Waals surface area contributed by atoms with Crippen molar-refractivity contribution >= 4 is 40.6 Å². The summed E-state index contributed by atoms with van der Waals surface area (Å²) in [6.07, 6.45) is 0.0381. The van der Waals surface area contributed by atoms with Gasteiger partial charge in [-0.05, 0) is 38.0 Å². The van der Waals surface area contributed by atoms with Crippen molar-refractivity contribution in [1.29, 1.82) is 0 Å². The lowest BCUT2D eigenvalue weighted by Crippen LogP contribution is -2.18. The maximum absolute atomic E-state index is 12.4. The van der Waals surface area contributed by atoms with Crippen molar-refractivity contribution in [2.45, 2.75) is 32.3 Å². The topological polar surface area (TPSA) is 132 Å². The number of anilines is 2. The fourth-order valence-corrected chi connectivity index (χ4v) is 3.82. The Kier molecular flexibility index (Phi) is 7.44. The van der Waals surface area contributed by atoms with E-state index in [4.69, 9.17) is 0 Å². The predicted octanol–water partition coefficient (Wildman–Crippen LogP) is 3.56. The second-order valence-electron chi connectivity index (χ2n) is 7.59. The van der Waals surface area contributed by atoms with Gasteiger partial charge in [0.1, 0.15) is 5.82 Å². The number of amides is 2. The van der Waals surface area contributed by atoms with Gasteiger partial charge in [-0.15, -0.1) is 10.2 Å². The third kappa shape index (κ3) is 6.16. The van der Waals surface area contributed by atoms with Crippen molar-refractivity contribution in [3.63, 3.8) is 0 Å². The molecule has 33 heavy (non-hydrogen) atoms. The molecule has 0 radical (unpaired) electrons. The molecule has 0 saturated heterocycles. The molecular weight excluding hydrogens is 444 g/mol. The number of thioether (sulfide) groups is 1. The number of nitrogens with one attached hydrogen (secondary N) is 2. The average molecular weight is 469 g/mol. The lowest BCUT2D eigenvalue weighted by Gasteiger charge is -2.09. The quantitative estimate of drug-likeness (QED) is 0.293. The maximum atomic E-state index is 12.4. The molecule has 10 nitrogen and oxygen atoms in total. The molecule has 1 heterocycles. The molecule has 0 atom stereocenters. The molecule has 0 saturated carbocycles. The van der Waals surface area contributed by atoms with E-state index < -0.39 is 4.92 Å². The Hall–Kier alpha value is -3.73. The van der Waals surface area contributed by atoms with Gasteiger partial charge in [-0.3, -0.25) is 19.7 Å². The molecule has 0 fully saturated rings. The van der Waals surface area contributed by atoms with Crippen molar-refractivity contribution in [1.82, 2.24) is 14.8 Å². The van der Waals surface area contributed by atoms with Crippen LogP contribution in [0.3, 0.4) is 0 Å². The Bertz CT molecular complexity index is 1220. The molecular formula is C22H24N6O4S. The zero-order valence-electron chi connectivity index (χ0n) is 18.7. The highest BCUT2D eigenvalue weighted by atomic mass is 32.2. The summed E-state index contributed by atoms with van der Waals surface area (Å²) in [5, 5.41) is 25.1. The van der Waals surface area contributed by atoms with E-state index in [-0.39, 0.29) is 29.7 Å². The van der Waals surface area contributed by atoms with E-state index in [0.717, 1.165) is 34.1 Å². The lowest BCUT2D eigenvalue weighted by molar-refractivity contribution is -0.384. The van der Waals surface area contributed by atoms with Gasteiger partial charge in [0.2, 0.25) is 11.8 Å². The second kappa shape index (κ2) is 10.3. The van der Waals surface area contributed by atoms with Gasteiger partial charge in [-0.25, -0.2) is 0 Å². The highest BCUT2D eigenvalue weighted by Crippen LogP contribution is 2.23. The minimum atomic E-state index is -0.513. The van der Waals surface area contributed by atoms with Crippen LogP contribution in [0.15, 0.2) is 41.6 Å². The third-order valence-corrected chi connectivity index (χ3v) is 5.96. The number of nitro benzene ring substituents is 1. The number of nitro groups is 1. The molecule has 0 aliphatic rings. The van der Waals surface area contributed by atoms with Gasteiger partial charge in [0.25, 0.3) is 5.69 Å². The Morgan fingerprint density at radius 2 is 1.73 bits per heavy atom. The van der Waals surface area contributed by atoms with Crippen molar-refractivity contribution in [2.24, 2.45) is 7.05 Å². The van der Waals surface area contributed by atoms with Crippen LogP contribution < -0.4 is 10.6 Å².